The predicted octanol–water partition coefficient (Wildman–Crippen LogP) is 3.77. The Morgan fingerprint density at radius 1 is 1.11 bits per heavy atom. The minimum absolute atomic E-state index is 0.813. The standard InChI is InChI=1S/C15H15N3O/c1-2-11-18(12-7-9-16-10-8-12)15-13-5-3-4-6-14(13)19-17-15/h3-10H,2,11H2,1H3. The lowest BCUT2D eigenvalue weighted by molar-refractivity contribution is 0.457. The molecule has 0 unspecified atom stereocenters. The van der Waals surface area contributed by atoms with Gasteiger partial charge in [0.2, 0.25) is 0 Å². The van der Waals surface area contributed by atoms with Crippen molar-refractivity contribution in [2.75, 3.05) is 11.4 Å². The summed E-state index contributed by atoms with van der Waals surface area (Å²) in [6.45, 7) is 3.04. The lowest BCUT2D eigenvalue weighted by Gasteiger charge is -2.21. The van der Waals surface area contributed by atoms with Gasteiger partial charge in [0, 0.05) is 24.6 Å². The molecule has 1 aromatic carbocycles. The Labute approximate surface area is 111 Å². The van der Waals surface area contributed by atoms with Crippen molar-refractivity contribution in [2.24, 2.45) is 0 Å². The molecule has 2 heterocycles. The third kappa shape index (κ3) is 2.17. The molecule has 0 atom stereocenters. The average molecular weight is 253 g/mol. The van der Waals surface area contributed by atoms with E-state index in [-0.39, 0.29) is 0 Å². The lowest BCUT2D eigenvalue weighted by Crippen LogP contribution is -2.18. The molecule has 0 N–H and O–H groups in total. The van der Waals surface area contributed by atoms with Crippen LogP contribution >= 0.6 is 0 Å². The minimum Gasteiger partial charge on any atom is -0.354 e. The van der Waals surface area contributed by atoms with Gasteiger partial charge in [-0.15, -0.1) is 0 Å². The van der Waals surface area contributed by atoms with Crippen LogP contribution in [0.5, 0.6) is 0 Å². The summed E-state index contributed by atoms with van der Waals surface area (Å²) in [5.41, 5.74) is 1.89. The number of aromatic nitrogens is 2. The van der Waals surface area contributed by atoms with E-state index in [0.29, 0.717) is 0 Å². The summed E-state index contributed by atoms with van der Waals surface area (Å²) in [5, 5.41) is 5.26. The smallest absolute Gasteiger partial charge is 0.184 e. The van der Waals surface area contributed by atoms with E-state index < -0.39 is 0 Å². The van der Waals surface area contributed by atoms with E-state index in [1.165, 1.54) is 0 Å². The molecule has 0 aliphatic carbocycles. The topological polar surface area (TPSA) is 42.2 Å². The summed E-state index contributed by atoms with van der Waals surface area (Å²) in [6, 6.07) is 11.9. The number of hydrogen-bond donors (Lipinski definition) is 0. The van der Waals surface area contributed by atoms with Crippen LogP contribution in [0.1, 0.15) is 13.3 Å². The molecule has 4 heteroatoms. The molecule has 0 bridgehead atoms. The molecule has 3 rings (SSSR count). The molecule has 0 amide bonds. The van der Waals surface area contributed by atoms with Gasteiger partial charge < -0.3 is 9.42 Å². The fraction of sp³-hybridized carbons (Fsp3) is 0.200. The van der Waals surface area contributed by atoms with Crippen LogP contribution in [0.15, 0.2) is 53.3 Å². The quantitative estimate of drug-likeness (QED) is 0.709. The predicted molar refractivity (Wildman–Crippen MR) is 75.5 cm³/mol. The van der Waals surface area contributed by atoms with E-state index >= 15 is 0 Å². The largest absolute Gasteiger partial charge is 0.354 e. The summed E-state index contributed by atoms with van der Waals surface area (Å²) >= 11 is 0. The van der Waals surface area contributed by atoms with Crippen molar-refractivity contribution in [3.05, 3.63) is 48.8 Å². The van der Waals surface area contributed by atoms with Crippen molar-refractivity contribution in [3.8, 4) is 0 Å². The third-order valence-corrected chi connectivity index (χ3v) is 3.04. The van der Waals surface area contributed by atoms with Crippen LogP contribution in [-0.4, -0.2) is 16.7 Å². The zero-order valence-electron chi connectivity index (χ0n) is 10.8. The summed E-state index contributed by atoms with van der Waals surface area (Å²) in [6.07, 6.45) is 4.62. The molecule has 4 nitrogen and oxygen atoms in total. The maximum atomic E-state index is 5.39. The monoisotopic (exact) mass is 253 g/mol. The Kier molecular flexibility index (Phi) is 3.14. The SMILES string of the molecule is CCCN(c1ccncc1)c1noc2ccccc12. The van der Waals surface area contributed by atoms with E-state index in [1.807, 2.05) is 36.4 Å². The molecule has 0 aliphatic heterocycles. The van der Waals surface area contributed by atoms with Gasteiger partial charge in [-0.3, -0.25) is 4.98 Å². The molecule has 0 radical (unpaired) electrons. The van der Waals surface area contributed by atoms with Crippen LogP contribution in [0.3, 0.4) is 0 Å². The first-order chi connectivity index (χ1) is 9.40. The lowest BCUT2D eigenvalue weighted by atomic mass is 10.2. The van der Waals surface area contributed by atoms with Crippen LogP contribution < -0.4 is 4.90 Å². The molecule has 3 aromatic rings. The van der Waals surface area contributed by atoms with Gasteiger partial charge in [-0.1, -0.05) is 24.2 Å². The Balaban J connectivity index is 2.10. The molecular formula is C15H15N3O. The Morgan fingerprint density at radius 2 is 1.89 bits per heavy atom. The normalized spacial score (nSPS) is 10.8. The molecule has 0 spiro atoms. The average Bonchev–Trinajstić information content (AvgIpc) is 2.89. The van der Waals surface area contributed by atoms with Crippen LogP contribution in [0.2, 0.25) is 0 Å². The summed E-state index contributed by atoms with van der Waals surface area (Å²) in [5.74, 6) is 0.864. The number of pyridine rings is 1. The molecule has 2 aromatic heterocycles. The fourth-order valence-corrected chi connectivity index (χ4v) is 2.17. The number of fused-ring (bicyclic) bond motifs is 1. The van der Waals surface area contributed by atoms with Crippen molar-refractivity contribution < 1.29 is 4.52 Å². The summed E-state index contributed by atoms with van der Waals surface area (Å²) in [4.78, 5) is 6.22. The molecule has 0 saturated carbocycles. The van der Waals surface area contributed by atoms with E-state index in [1.54, 1.807) is 12.4 Å². The number of nitrogens with zero attached hydrogens (tertiary/aromatic N) is 3. The Morgan fingerprint density at radius 3 is 2.68 bits per heavy atom. The summed E-state index contributed by atoms with van der Waals surface area (Å²) in [7, 11) is 0. The van der Waals surface area contributed by atoms with Gasteiger partial charge in [-0.05, 0) is 30.7 Å². The highest BCUT2D eigenvalue weighted by molar-refractivity contribution is 5.90. The van der Waals surface area contributed by atoms with E-state index in [0.717, 1.165) is 35.4 Å². The van der Waals surface area contributed by atoms with E-state index in [2.05, 4.69) is 22.0 Å². The van der Waals surface area contributed by atoms with Crippen LogP contribution in [0.4, 0.5) is 11.5 Å². The number of rotatable bonds is 4. The van der Waals surface area contributed by atoms with Crippen LogP contribution in [-0.2, 0) is 0 Å². The van der Waals surface area contributed by atoms with Crippen molar-refractivity contribution in [3.63, 3.8) is 0 Å². The van der Waals surface area contributed by atoms with Crippen LogP contribution in [0, 0.1) is 0 Å². The molecule has 0 saturated heterocycles. The Bertz CT molecular complexity index is 663. The van der Waals surface area contributed by atoms with Crippen molar-refractivity contribution in [1.82, 2.24) is 10.1 Å². The van der Waals surface area contributed by atoms with Gasteiger partial charge in [0.1, 0.15) is 0 Å². The summed E-state index contributed by atoms with van der Waals surface area (Å²) < 4.78 is 5.39. The van der Waals surface area contributed by atoms with Crippen molar-refractivity contribution >= 4 is 22.5 Å². The first-order valence-corrected chi connectivity index (χ1v) is 6.42. The highest BCUT2D eigenvalue weighted by Gasteiger charge is 2.16. The van der Waals surface area contributed by atoms with Crippen molar-refractivity contribution in [1.29, 1.82) is 0 Å². The molecule has 96 valence electrons. The number of benzene rings is 1. The molecule has 0 fully saturated rings. The second-order valence-corrected chi connectivity index (χ2v) is 4.36. The zero-order chi connectivity index (χ0) is 13.1. The van der Waals surface area contributed by atoms with Gasteiger partial charge >= 0.3 is 0 Å². The maximum Gasteiger partial charge on any atom is 0.184 e. The highest BCUT2D eigenvalue weighted by atomic mass is 16.5. The minimum atomic E-state index is 0.813. The number of hydrogen-bond acceptors (Lipinski definition) is 4. The number of para-hydroxylation sites is 1. The van der Waals surface area contributed by atoms with Crippen molar-refractivity contribution in [2.45, 2.75) is 13.3 Å². The second kappa shape index (κ2) is 5.10. The van der Waals surface area contributed by atoms with E-state index in [4.69, 9.17) is 4.52 Å². The van der Waals surface area contributed by atoms with E-state index in [9.17, 15) is 0 Å². The first kappa shape index (κ1) is 11.7. The number of anilines is 2. The van der Waals surface area contributed by atoms with Gasteiger partial charge in [0.05, 0.1) is 5.39 Å². The molecule has 19 heavy (non-hydrogen) atoms. The highest BCUT2D eigenvalue weighted by Crippen LogP contribution is 2.31. The van der Waals surface area contributed by atoms with Gasteiger partial charge in [-0.2, -0.15) is 0 Å². The van der Waals surface area contributed by atoms with Crippen LogP contribution in [0.25, 0.3) is 11.0 Å². The zero-order valence-corrected chi connectivity index (χ0v) is 10.8. The second-order valence-electron chi connectivity index (χ2n) is 4.36. The third-order valence-electron chi connectivity index (χ3n) is 3.04. The van der Waals surface area contributed by atoms with Gasteiger partial charge in [0.15, 0.2) is 11.4 Å². The Hall–Kier alpha value is -2.36. The van der Waals surface area contributed by atoms with Gasteiger partial charge in [0.25, 0.3) is 0 Å². The maximum absolute atomic E-state index is 5.39. The van der Waals surface area contributed by atoms with Gasteiger partial charge in [-0.25, -0.2) is 0 Å². The molecule has 0 aliphatic rings. The molecular weight excluding hydrogens is 238 g/mol. The first-order valence-electron chi connectivity index (χ1n) is 6.42. The fourth-order valence-electron chi connectivity index (χ4n) is 2.17.